The van der Waals surface area contributed by atoms with Gasteiger partial charge in [0.05, 0.1) is 29.7 Å². The summed E-state index contributed by atoms with van der Waals surface area (Å²) in [6.07, 6.45) is 2.99. The summed E-state index contributed by atoms with van der Waals surface area (Å²) in [4.78, 5) is 34.0. The molecule has 0 bridgehead atoms. The molecule has 0 saturated heterocycles. The lowest BCUT2D eigenvalue weighted by atomic mass is 9.81. The highest BCUT2D eigenvalue weighted by molar-refractivity contribution is 6.32. The van der Waals surface area contributed by atoms with Crippen LogP contribution < -0.4 is 15.0 Å². The molecule has 1 spiro atoms. The van der Waals surface area contributed by atoms with E-state index in [1.807, 2.05) is 38.1 Å². The van der Waals surface area contributed by atoms with Gasteiger partial charge in [-0.3, -0.25) is 19.5 Å². The van der Waals surface area contributed by atoms with Gasteiger partial charge in [0.1, 0.15) is 11.4 Å². The zero-order valence-electron chi connectivity index (χ0n) is 20.1. The summed E-state index contributed by atoms with van der Waals surface area (Å²) < 4.78 is 7.31. The van der Waals surface area contributed by atoms with Crippen LogP contribution in [0.5, 0.6) is 5.75 Å². The Morgan fingerprint density at radius 2 is 1.81 bits per heavy atom. The third kappa shape index (κ3) is 3.15. The van der Waals surface area contributed by atoms with E-state index in [-0.39, 0.29) is 11.6 Å². The van der Waals surface area contributed by atoms with Crippen molar-refractivity contribution in [3.8, 4) is 11.4 Å². The Morgan fingerprint density at radius 3 is 2.54 bits per heavy atom. The normalized spacial score (nSPS) is 17.9. The van der Waals surface area contributed by atoms with Gasteiger partial charge in [-0.15, -0.1) is 0 Å². The molecule has 1 atom stereocenters. The highest BCUT2D eigenvalue weighted by Gasteiger charge is 2.64. The number of benzene rings is 2. The summed E-state index contributed by atoms with van der Waals surface area (Å²) >= 11 is 12.6. The summed E-state index contributed by atoms with van der Waals surface area (Å²) in [6.45, 7) is 4.00. The number of nitrogens with zero attached hydrogens (tertiary/aromatic N) is 4. The molecule has 8 nitrogen and oxygen atoms in total. The molecule has 37 heavy (non-hydrogen) atoms. The third-order valence-corrected chi connectivity index (χ3v) is 7.22. The van der Waals surface area contributed by atoms with Crippen molar-refractivity contribution < 1.29 is 14.3 Å². The van der Waals surface area contributed by atoms with Crippen LogP contribution in [0.25, 0.3) is 5.69 Å². The van der Waals surface area contributed by atoms with Gasteiger partial charge >= 0.3 is 0 Å². The van der Waals surface area contributed by atoms with Gasteiger partial charge in [0.25, 0.3) is 11.8 Å². The number of aromatic nitrogens is 3. The highest BCUT2D eigenvalue weighted by atomic mass is 35.5. The second kappa shape index (κ2) is 8.33. The number of hydrogen-bond acceptors (Lipinski definition) is 5. The Kier molecular flexibility index (Phi) is 5.29. The number of halogens is 2. The maximum absolute atomic E-state index is 14.2. The third-order valence-electron chi connectivity index (χ3n) is 6.78. The quantitative estimate of drug-likeness (QED) is 0.370. The van der Waals surface area contributed by atoms with E-state index >= 15 is 0 Å². The van der Waals surface area contributed by atoms with Crippen LogP contribution in [-0.4, -0.2) is 33.7 Å². The predicted octanol–water partition coefficient (Wildman–Crippen LogP) is 5.56. The van der Waals surface area contributed by atoms with Gasteiger partial charge in [-0.25, -0.2) is 4.68 Å². The molecule has 0 saturated carbocycles. The van der Waals surface area contributed by atoms with Crippen LogP contribution in [0, 0.1) is 0 Å². The number of nitrogens with one attached hydrogen (secondary N) is 1. The maximum atomic E-state index is 14.2. The Morgan fingerprint density at radius 1 is 1.03 bits per heavy atom. The van der Waals surface area contributed by atoms with Gasteiger partial charge < -0.3 is 10.1 Å². The van der Waals surface area contributed by atoms with Gasteiger partial charge in [0, 0.05) is 28.0 Å². The van der Waals surface area contributed by atoms with Gasteiger partial charge in [0.2, 0.25) is 0 Å². The Hall–Kier alpha value is -3.88. The zero-order chi connectivity index (χ0) is 26.1. The first-order chi connectivity index (χ1) is 17.8. The summed E-state index contributed by atoms with van der Waals surface area (Å²) in [5.41, 5.74) is 2.02. The van der Waals surface area contributed by atoms with Crippen LogP contribution in [0.1, 0.15) is 47.1 Å². The van der Waals surface area contributed by atoms with Gasteiger partial charge in [0.15, 0.2) is 11.2 Å². The number of carbonyl (C=O) groups excluding carboxylic acids is 2. The van der Waals surface area contributed by atoms with Crippen LogP contribution in [0.2, 0.25) is 10.0 Å². The van der Waals surface area contributed by atoms with Crippen molar-refractivity contribution in [1.29, 1.82) is 0 Å². The van der Waals surface area contributed by atoms with Crippen molar-refractivity contribution in [3.63, 3.8) is 0 Å². The van der Waals surface area contributed by atoms with E-state index in [0.717, 1.165) is 0 Å². The Bertz CT molecular complexity index is 1620. The van der Waals surface area contributed by atoms with Crippen LogP contribution in [-0.2, 0) is 10.3 Å². The average Bonchev–Trinajstić information content (AvgIpc) is 3.48. The number of para-hydroxylation sites is 2. The number of fused-ring (bicyclic) bond motifs is 4. The molecule has 2 amide bonds. The van der Waals surface area contributed by atoms with Crippen molar-refractivity contribution in [3.05, 3.63) is 93.5 Å². The van der Waals surface area contributed by atoms with Gasteiger partial charge in [-0.05, 0) is 36.2 Å². The van der Waals surface area contributed by atoms with E-state index in [4.69, 9.17) is 33.0 Å². The number of amides is 2. The minimum atomic E-state index is -1.54. The summed E-state index contributed by atoms with van der Waals surface area (Å²) in [5, 5.41) is 8.55. The zero-order valence-corrected chi connectivity index (χ0v) is 21.6. The Balaban J connectivity index is 1.73. The molecule has 1 N–H and O–H groups in total. The molecule has 4 heterocycles. The molecule has 0 unspecified atom stereocenters. The summed E-state index contributed by atoms with van der Waals surface area (Å²) in [7, 11) is 1.58. The van der Waals surface area contributed by atoms with Crippen molar-refractivity contribution >= 4 is 46.4 Å². The van der Waals surface area contributed by atoms with E-state index in [1.165, 1.54) is 17.3 Å². The number of hydrogen-bond donors (Lipinski definition) is 1. The number of carbonyl (C=O) groups is 2. The first-order valence-electron chi connectivity index (χ1n) is 11.6. The topological polar surface area (TPSA) is 89.3 Å². The molecule has 2 aromatic carbocycles. The van der Waals surface area contributed by atoms with Crippen molar-refractivity contribution in [2.45, 2.75) is 25.3 Å². The molecule has 10 heteroatoms. The molecule has 186 valence electrons. The molecule has 4 aromatic rings. The van der Waals surface area contributed by atoms with E-state index < -0.39 is 17.4 Å². The fourth-order valence-corrected chi connectivity index (χ4v) is 5.74. The minimum absolute atomic E-state index is 0.118. The standard InChI is InChI=1S/C27H21Cl2N5O3/c1-14(2)24-22-23(32-34(24)20-6-4-5-7-21(20)37-3)25(35)33(17-10-16(29)12-30-13-17)27(22)18-9-8-15(28)11-19(18)31-26(27)36/h4-14H,1-3H3,(H,31,36)/t27-/m0/s1. The van der Waals surface area contributed by atoms with E-state index in [0.29, 0.717) is 49.7 Å². The van der Waals surface area contributed by atoms with Crippen LogP contribution in [0.4, 0.5) is 11.4 Å². The lowest BCUT2D eigenvalue weighted by Crippen LogP contribution is -2.50. The molecule has 0 aliphatic carbocycles. The van der Waals surface area contributed by atoms with Crippen molar-refractivity contribution in [2.24, 2.45) is 0 Å². The number of pyridine rings is 1. The second-order valence-corrected chi connectivity index (χ2v) is 10.1. The predicted molar refractivity (Wildman–Crippen MR) is 141 cm³/mol. The molecule has 0 fully saturated rings. The molecule has 6 rings (SSSR count). The van der Waals surface area contributed by atoms with E-state index in [1.54, 1.807) is 36.1 Å². The highest BCUT2D eigenvalue weighted by Crippen LogP contribution is 2.55. The SMILES string of the molecule is COc1ccccc1-n1nc2c(c1C(C)C)[C@@]1(C(=O)Nc3cc(Cl)ccc31)N(c1cncc(Cl)c1)C2=O. The molecular formula is C27H21Cl2N5O3. The lowest BCUT2D eigenvalue weighted by Gasteiger charge is -2.35. The smallest absolute Gasteiger partial charge is 0.280 e. The number of ether oxygens (including phenoxy) is 1. The molecule has 2 aliphatic rings. The monoisotopic (exact) mass is 533 g/mol. The number of methoxy groups -OCH3 is 1. The Labute approximate surface area is 222 Å². The number of rotatable bonds is 4. The minimum Gasteiger partial charge on any atom is -0.494 e. The lowest BCUT2D eigenvalue weighted by molar-refractivity contribution is -0.119. The first kappa shape index (κ1) is 23.5. The molecule has 0 radical (unpaired) electrons. The fourth-order valence-electron chi connectivity index (χ4n) is 5.40. The van der Waals surface area contributed by atoms with E-state index in [9.17, 15) is 9.59 Å². The largest absolute Gasteiger partial charge is 0.494 e. The molecule has 2 aromatic heterocycles. The number of anilines is 2. The van der Waals surface area contributed by atoms with Gasteiger partial charge in [-0.1, -0.05) is 55.2 Å². The second-order valence-electron chi connectivity index (χ2n) is 9.20. The van der Waals surface area contributed by atoms with Crippen molar-refractivity contribution in [1.82, 2.24) is 14.8 Å². The summed E-state index contributed by atoms with van der Waals surface area (Å²) in [5.74, 6) is -0.357. The maximum Gasteiger partial charge on any atom is 0.280 e. The molecular weight excluding hydrogens is 513 g/mol. The van der Waals surface area contributed by atoms with Crippen molar-refractivity contribution in [2.75, 3.05) is 17.3 Å². The fraction of sp³-hybridized carbons (Fsp3) is 0.185. The van der Waals surface area contributed by atoms with Crippen LogP contribution >= 0.6 is 23.2 Å². The molecule has 2 aliphatic heterocycles. The van der Waals surface area contributed by atoms with Crippen LogP contribution in [0.15, 0.2) is 60.9 Å². The summed E-state index contributed by atoms with van der Waals surface area (Å²) in [6, 6.07) is 14.2. The van der Waals surface area contributed by atoms with Gasteiger partial charge in [-0.2, -0.15) is 5.10 Å². The first-order valence-corrected chi connectivity index (χ1v) is 12.4. The van der Waals surface area contributed by atoms with E-state index in [2.05, 4.69) is 10.3 Å². The average molecular weight is 534 g/mol. The van der Waals surface area contributed by atoms with Crippen LogP contribution in [0.3, 0.4) is 0 Å².